The number of ether oxygens (including phenoxy) is 1. The molecule has 2 heterocycles. The predicted molar refractivity (Wildman–Crippen MR) is 131 cm³/mol. The van der Waals surface area contributed by atoms with Gasteiger partial charge in [-0.05, 0) is 31.2 Å². The molecule has 1 aromatic rings. The molecule has 1 spiro atoms. The first kappa shape index (κ1) is 25.7. The average Bonchev–Trinajstić information content (AvgIpc) is 2.85. The van der Waals surface area contributed by atoms with E-state index in [1.807, 2.05) is 50.3 Å². The second kappa shape index (κ2) is 12.0. The lowest BCUT2D eigenvalue weighted by atomic mass is 9.80. The summed E-state index contributed by atoms with van der Waals surface area (Å²) < 4.78 is 5.38. The Labute approximate surface area is 202 Å². The van der Waals surface area contributed by atoms with E-state index >= 15 is 0 Å². The molecule has 3 rings (SSSR count). The summed E-state index contributed by atoms with van der Waals surface area (Å²) in [6.45, 7) is 10.7. The average molecular weight is 471 g/mol. The second-order valence-corrected chi connectivity index (χ2v) is 9.16. The number of rotatable bonds is 10. The zero-order valence-corrected chi connectivity index (χ0v) is 20.4. The van der Waals surface area contributed by atoms with E-state index in [0.717, 1.165) is 38.0 Å². The molecule has 2 saturated heterocycles. The summed E-state index contributed by atoms with van der Waals surface area (Å²) in [6, 6.07) is 8.08. The van der Waals surface area contributed by atoms with Gasteiger partial charge in [0.2, 0.25) is 11.8 Å². The van der Waals surface area contributed by atoms with Gasteiger partial charge in [0.1, 0.15) is 18.2 Å². The van der Waals surface area contributed by atoms with Crippen LogP contribution in [0.15, 0.2) is 43.0 Å². The summed E-state index contributed by atoms with van der Waals surface area (Å²) in [4.78, 5) is 43.8. The molecule has 0 unspecified atom stereocenters. The van der Waals surface area contributed by atoms with Gasteiger partial charge in [0.25, 0.3) is 0 Å². The van der Waals surface area contributed by atoms with Gasteiger partial charge in [0.15, 0.2) is 0 Å². The number of nitrogens with one attached hydrogen (secondary N) is 2. The lowest BCUT2D eigenvalue weighted by Crippen LogP contribution is -2.75. The normalized spacial score (nSPS) is 21.1. The maximum absolute atomic E-state index is 13.7. The number of benzene rings is 1. The maximum atomic E-state index is 13.7. The van der Waals surface area contributed by atoms with E-state index in [0.29, 0.717) is 25.8 Å². The van der Waals surface area contributed by atoms with Crippen LogP contribution in [-0.4, -0.2) is 71.5 Å². The minimum atomic E-state index is -0.828. The van der Waals surface area contributed by atoms with Gasteiger partial charge >= 0.3 is 6.09 Å². The van der Waals surface area contributed by atoms with Crippen LogP contribution in [0.25, 0.3) is 0 Å². The molecule has 2 aliphatic rings. The number of hydrogen-bond acceptors (Lipinski definition) is 5. The Hall–Kier alpha value is -2.87. The molecule has 0 aliphatic carbocycles. The van der Waals surface area contributed by atoms with Crippen molar-refractivity contribution in [2.24, 2.45) is 0 Å². The Morgan fingerprint density at radius 2 is 1.94 bits per heavy atom. The minimum absolute atomic E-state index is 0.121. The van der Waals surface area contributed by atoms with E-state index < -0.39 is 23.7 Å². The smallest absolute Gasteiger partial charge is 0.407 e. The van der Waals surface area contributed by atoms with Gasteiger partial charge in [0, 0.05) is 26.2 Å². The van der Waals surface area contributed by atoms with E-state index in [1.54, 1.807) is 4.90 Å². The van der Waals surface area contributed by atoms with E-state index in [9.17, 15) is 14.4 Å². The van der Waals surface area contributed by atoms with E-state index in [1.165, 1.54) is 0 Å². The fourth-order valence-corrected chi connectivity index (χ4v) is 4.99. The zero-order chi connectivity index (χ0) is 24.6. The summed E-state index contributed by atoms with van der Waals surface area (Å²) in [5, 5.41) is 5.83. The topological polar surface area (TPSA) is 91.0 Å². The number of amides is 3. The Kier molecular flexibility index (Phi) is 9.10. The molecule has 0 radical (unpaired) electrons. The van der Waals surface area contributed by atoms with Crippen LogP contribution in [0.5, 0.6) is 0 Å². The number of piperazine rings is 1. The monoisotopic (exact) mass is 470 g/mol. The minimum Gasteiger partial charge on any atom is -0.445 e. The standard InChI is InChI=1S/C26H38N4O4/c1-4-10-21(27-25(33)34-19-20-11-8-7-9-12-20)22-23(31)30(16-6-3)26(24(32)28-22)13-17-29(15-5-2)18-14-26/h5,7-9,11-12,21-22H,2,4,6,10,13-19H2,1,3H3,(H,27,33)(H,28,32)/t21-,22-/m0/s1. The first-order chi connectivity index (χ1) is 16.4. The number of hydrogen-bond donors (Lipinski definition) is 2. The Balaban J connectivity index is 1.71. The van der Waals surface area contributed by atoms with Gasteiger partial charge < -0.3 is 20.3 Å². The summed E-state index contributed by atoms with van der Waals surface area (Å²) in [7, 11) is 0. The lowest BCUT2D eigenvalue weighted by Gasteiger charge is -2.52. The third kappa shape index (κ3) is 5.78. The number of piperidine rings is 1. The molecule has 2 fully saturated rings. The first-order valence-corrected chi connectivity index (χ1v) is 12.4. The van der Waals surface area contributed by atoms with Crippen LogP contribution >= 0.6 is 0 Å². The molecule has 2 atom stereocenters. The summed E-state index contributed by atoms with van der Waals surface area (Å²) >= 11 is 0. The molecular formula is C26H38N4O4. The Bertz CT molecular complexity index is 852. The van der Waals surface area contributed by atoms with Gasteiger partial charge in [-0.2, -0.15) is 0 Å². The molecule has 0 saturated carbocycles. The largest absolute Gasteiger partial charge is 0.445 e. The maximum Gasteiger partial charge on any atom is 0.407 e. The molecule has 0 aromatic heterocycles. The second-order valence-electron chi connectivity index (χ2n) is 9.16. The molecule has 3 amide bonds. The van der Waals surface area contributed by atoms with Gasteiger partial charge in [-0.15, -0.1) is 6.58 Å². The van der Waals surface area contributed by atoms with E-state index in [-0.39, 0.29) is 18.4 Å². The van der Waals surface area contributed by atoms with E-state index in [2.05, 4.69) is 22.1 Å². The quantitative estimate of drug-likeness (QED) is 0.513. The van der Waals surface area contributed by atoms with Crippen molar-refractivity contribution in [2.45, 2.75) is 70.2 Å². The third-order valence-electron chi connectivity index (χ3n) is 6.79. The number of likely N-dealkylation sites (tertiary alicyclic amines) is 1. The van der Waals surface area contributed by atoms with Crippen LogP contribution in [-0.2, 0) is 20.9 Å². The molecule has 2 N–H and O–H groups in total. The fraction of sp³-hybridized carbons (Fsp3) is 0.577. The van der Waals surface area contributed by atoms with Crippen molar-refractivity contribution >= 4 is 17.9 Å². The lowest BCUT2D eigenvalue weighted by molar-refractivity contribution is -0.162. The van der Waals surface area contributed by atoms with Gasteiger partial charge in [-0.3, -0.25) is 14.5 Å². The number of alkyl carbamates (subject to hydrolysis) is 1. The van der Waals surface area contributed by atoms with E-state index in [4.69, 9.17) is 4.74 Å². The molecular weight excluding hydrogens is 432 g/mol. The van der Waals surface area contributed by atoms with Crippen LogP contribution in [0.4, 0.5) is 4.79 Å². The summed E-state index contributed by atoms with van der Waals surface area (Å²) in [5.74, 6) is -0.246. The fourth-order valence-electron chi connectivity index (χ4n) is 4.99. The Morgan fingerprint density at radius 1 is 1.24 bits per heavy atom. The van der Waals surface area contributed by atoms with Crippen LogP contribution in [0.1, 0.15) is 51.5 Å². The van der Waals surface area contributed by atoms with Crippen molar-refractivity contribution in [1.82, 2.24) is 20.4 Å². The highest BCUT2D eigenvalue weighted by Crippen LogP contribution is 2.34. The van der Waals surface area contributed by atoms with Crippen molar-refractivity contribution in [3.05, 3.63) is 48.6 Å². The van der Waals surface area contributed by atoms with Gasteiger partial charge in [-0.25, -0.2) is 4.79 Å². The number of carbonyl (C=O) groups excluding carboxylic acids is 3. The molecule has 186 valence electrons. The number of nitrogens with zero attached hydrogens (tertiary/aromatic N) is 2. The van der Waals surface area contributed by atoms with Crippen molar-refractivity contribution in [1.29, 1.82) is 0 Å². The Morgan fingerprint density at radius 3 is 2.56 bits per heavy atom. The van der Waals surface area contributed by atoms with Crippen LogP contribution in [0.3, 0.4) is 0 Å². The van der Waals surface area contributed by atoms with Crippen molar-refractivity contribution in [3.63, 3.8) is 0 Å². The van der Waals surface area contributed by atoms with Gasteiger partial charge in [-0.1, -0.05) is 56.7 Å². The SMILES string of the molecule is C=CCN1CCC2(CC1)C(=O)N[C@@H]([C@H](CCC)NC(=O)OCc1ccccc1)C(=O)N2CCC. The van der Waals surface area contributed by atoms with Crippen molar-refractivity contribution < 1.29 is 19.1 Å². The molecule has 8 nitrogen and oxygen atoms in total. The highest BCUT2D eigenvalue weighted by molar-refractivity contribution is 6.00. The van der Waals surface area contributed by atoms with Gasteiger partial charge in [0.05, 0.1) is 6.04 Å². The van der Waals surface area contributed by atoms with Crippen LogP contribution in [0.2, 0.25) is 0 Å². The van der Waals surface area contributed by atoms with Crippen LogP contribution in [0, 0.1) is 0 Å². The summed E-state index contributed by atoms with van der Waals surface area (Å²) in [6.07, 6.45) is 4.52. The highest BCUT2D eigenvalue weighted by atomic mass is 16.5. The molecule has 34 heavy (non-hydrogen) atoms. The summed E-state index contributed by atoms with van der Waals surface area (Å²) in [5.41, 5.74) is 0.0526. The van der Waals surface area contributed by atoms with Crippen molar-refractivity contribution in [2.75, 3.05) is 26.2 Å². The van der Waals surface area contributed by atoms with Crippen LogP contribution < -0.4 is 10.6 Å². The highest BCUT2D eigenvalue weighted by Gasteiger charge is 2.54. The third-order valence-corrected chi connectivity index (χ3v) is 6.79. The first-order valence-electron chi connectivity index (χ1n) is 12.4. The van der Waals surface area contributed by atoms with Crippen molar-refractivity contribution in [3.8, 4) is 0 Å². The zero-order valence-electron chi connectivity index (χ0n) is 20.4. The predicted octanol–water partition coefficient (Wildman–Crippen LogP) is 2.84. The molecule has 2 aliphatic heterocycles. The molecule has 0 bridgehead atoms. The number of carbonyl (C=O) groups is 3. The molecule has 1 aromatic carbocycles. The molecule has 8 heteroatoms.